The Bertz CT molecular complexity index is 337. The van der Waals surface area contributed by atoms with Gasteiger partial charge in [-0.05, 0) is 31.5 Å². The van der Waals surface area contributed by atoms with Crippen LogP contribution in [0.3, 0.4) is 0 Å². The molecular formula is C11H15N3. The molecule has 1 aromatic rings. The first-order chi connectivity index (χ1) is 6.91. The fourth-order valence-electron chi connectivity index (χ4n) is 2.64. The monoisotopic (exact) mass is 189 g/mol. The van der Waals surface area contributed by atoms with E-state index < -0.39 is 0 Å². The van der Waals surface area contributed by atoms with Gasteiger partial charge in [-0.25, -0.2) is 0 Å². The number of hydrogen-bond acceptors (Lipinski definition) is 3. The van der Waals surface area contributed by atoms with E-state index in [4.69, 9.17) is 0 Å². The van der Waals surface area contributed by atoms with E-state index in [0.717, 1.165) is 19.6 Å². The van der Waals surface area contributed by atoms with Crippen LogP contribution in [-0.4, -0.2) is 24.6 Å². The molecule has 0 bridgehead atoms. The van der Waals surface area contributed by atoms with E-state index in [1.807, 2.05) is 12.3 Å². The minimum Gasteiger partial charge on any atom is -0.383 e. The van der Waals surface area contributed by atoms with Gasteiger partial charge in [-0.15, -0.1) is 0 Å². The van der Waals surface area contributed by atoms with Gasteiger partial charge >= 0.3 is 0 Å². The van der Waals surface area contributed by atoms with Crippen molar-refractivity contribution in [1.29, 1.82) is 0 Å². The van der Waals surface area contributed by atoms with Gasteiger partial charge in [-0.2, -0.15) is 0 Å². The van der Waals surface area contributed by atoms with Gasteiger partial charge in [0.15, 0.2) is 0 Å². The van der Waals surface area contributed by atoms with Gasteiger partial charge in [-0.3, -0.25) is 4.98 Å². The molecule has 1 atom stereocenters. The number of aromatic nitrogens is 1. The molecule has 0 radical (unpaired) electrons. The number of piperidine rings is 1. The second-order valence-electron chi connectivity index (χ2n) is 4.31. The molecule has 1 fully saturated rings. The standard InChI is InChI=1S/C11H15N3/c1-3-9-10(13-6-1)11(8-14-9)4-2-5-12-7-11/h1,3,6,12,14H,2,4-5,7-8H2. The van der Waals surface area contributed by atoms with Crippen molar-refractivity contribution in [1.82, 2.24) is 10.3 Å². The highest BCUT2D eigenvalue weighted by atomic mass is 15.0. The molecule has 2 aliphatic heterocycles. The number of rotatable bonds is 0. The maximum absolute atomic E-state index is 4.53. The van der Waals surface area contributed by atoms with Crippen molar-refractivity contribution in [3.63, 3.8) is 0 Å². The number of nitrogens with one attached hydrogen (secondary N) is 2. The van der Waals surface area contributed by atoms with Gasteiger partial charge in [0.05, 0.1) is 11.4 Å². The molecule has 0 saturated carbocycles. The fraction of sp³-hybridized carbons (Fsp3) is 0.545. The van der Waals surface area contributed by atoms with Crippen LogP contribution in [0, 0.1) is 0 Å². The highest BCUT2D eigenvalue weighted by Gasteiger charge is 2.40. The van der Waals surface area contributed by atoms with Crippen molar-refractivity contribution < 1.29 is 0 Å². The van der Waals surface area contributed by atoms with Crippen molar-refractivity contribution in [2.45, 2.75) is 18.3 Å². The second kappa shape index (κ2) is 2.95. The summed E-state index contributed by atoms with van der Waals surface area (Å²) < 4.78 is 0. The maximum atomic E-state index is 4.53. The third kappa shape index (κ3) is 1.05. The average Bonchev–Trinajstić information content (AvgIpc) is 2.60. The summed E-state index contributed by atoms with van der Waals surface area (Å²) in [6.45, 7) is 3.28. The summed E-state index contributed by atoms with van der Waals surface area (Å²) in [5, 5.41) is 6.94. The largest absolute Gasteiger partial charge is 0.383 e. The van der Waals surface area contributed by atoms with Crippen molar-refractivity contribution >= 4 is 5.69 Å². The Morgan fingerprint density at radius 3 is 3.21 bits per heavy atom. The zero-order valence-corrected chi connectivity index (χ0v) is 8.21. The van der Waals surface area contributed by atoms with Gasteiger partial charge in [0.1, 0.15) is 0 Å². The summed E-state index contributed by atoms with van der Waals surface area (Å²) in [7, 11) is 0. The molecule has 1 aromatic heterocycles. The molecule has 1 spiro atoms. The summed E-state index contributed by atoms with van der Waals surface area (Å²) in [5.74, 6) is 0. The van der Waals surface area contributed by atoms with E-state index in [1.54, 1.807) is 0 Å². The van der Waals surface area contributed by atoms with E-state index in [-0.39, 0.29) is 5.41 Å². The Kier molecular flexibility index (Phi) is 1.74. The van der Waals surface area contributed by atoms with Crippen LogP contribution in [0.15, 0.2) is 18.3 Å². The van der Waals surface area contributed by atoms with Crippen molar-refractivity contribution in [3.05, 3.63) is 24.0 Å². The van der Waals surface area contributed by atoms with E-state index in [2.05, 4.69) is 21.7 Å². The topological polar surface area (TPSA) is 37.0 Å². The third-order valence-electron chi connectivity index (χ3n) is 3.40. The fourth-order valence-corrected chi connectivity index (χ4v) is 2.64. The molecule has 14 heavy (non-hydrogen) atoms. The van der Waals surface area contributed by atoms with Crippen LogP contribution in [0.25, 0.3) is 0 Å². The van der Waals surface area contributed by atoms with E-state index in [0.29, 0.717) is 0 Å². The summed E-state index contributed by atoms with van der Waals surface area (Å²) >= 11 is 0. The van der Waals surface area contributed by atoms with E-state index in [1.165, 1.54) is 24.2 Å². The predicted molar refractivity (Wildman–Crippen MR) is 56.5 cm³/mol. The lowest BCUT2D eigenvalue weighted by molar-refractivity contribution is 0.333. The minimum absolute atomic E-state index is 0.273. The van der Waals surface area contributed by atoms with Crippen LogP contribution in [-0.2, 0) is 5.41 Å². The molecule has 74 valence electrons. The summed E-state index contributed by atoms with van der Waals surface area (Å²) in [5.41, 5.74) is 2.78. The number of nitrogens with zero attached hydrogens (tertiary/aromatic N) is 1. The first kappa shape index (κ1) is 8.24. The zero-order valence-electron chi connectivity index (χ0n) is 8.21. The van der Waals surface area contributed by atoms with Crippen LogP contribution in [0.2, 0.25) is 0 Å². The van der Waals surface area contributed by atoms with Crippen LogP contribution in [0.4, 0.5) is 5.69 Å². The minimum atomic E-state index is 0.273. The smallest absolute Gasteiger partial charge is 0.0726 e. The molecule has 0 amide bonds. The molecular weight excluding hydrogens is 174 g/mol. The maximum Gasteiger partial charge on any atom is 0.0726 e. The highest BCUT2D eigenvalue weighted by Crippen LogP contribution is 2.39. The molecule has 2 aliphatic rings. The number of hydrogen-bond donors (Lipinski definition) is 2. The highest BCUT2D eigenvalue weighted by molar-refractivity contribution is 5.57. The van der Waals surface area contributed by atoms with Crippen molar-refractivity contribution in [3.8, 4) is 0 Å². The molecule has 1 unspecified atom stereocenters. The Morgan fingerprint density at radius 1 is 1.36 bits per heavy atom. The lowest BCUT2D eigenvalue weighted by Crippen LogP contribution is -2.45. The average molecular weight is 189 g/mol. The summed E-state index contributed by atoms with van der Waals surface area (Å²) in [6, 6.07) is 4.13. The normalized spacial score (nSPS) is 30.0. The molecule has 0 aliphatic carbocycles. The van der Waals surface area contributed by atoms with Crippen LogP contribution in [0.5, 0.6) is 0 Å². The number of anilines is 1. The van der Waals surface area contributed by atoms with Gasteiger partial charge in [0, 0.05) is 24.7 Å². The lowest BCUT2D eigenvalue weighted by Gasteiger charge is -2.32. The molecule has 3 nitrogen and oxygen atoms in total. The van der Waals surface area contributed by atoms with Crippen LogP contribution < -0.4 is 10.6 Å². The Morgan fingerprint density at radius 2 is 2.36 bits per heavy atom. The van der Waals surface area contributed by atoms with E-state index in [9.17, 15) is 0 Å². The Labute approximate surface area is 83.9 Å². The molecule has 1 saturated heterocycles. The summed E-state index contributed by atoms with van der Waals surface area (Å²) in [6.07, 6.45) is 4.43. The Balaban J connectivity index is 2.03. The Hall–Kier alpha value is -1.09. The number of fused-ring (bicyclic) bond motifs is 2. The van der Waals surface area contributed by atoms with Crippen molar-refractivity contribution in [2.24, 2.45) is 0 Å². The van der Waals surface area contributed by atoms with Crippen molar-refractivity contribution in [2.75, 3.05) is 25.0 Å². The van der Waals surface area contributed by atoms with Gasteiger partial charge in [0.25, 0.3) is 0 Å². The van der Waals surface area contributed by atoms with Gasteiger partial charge in [-0.1, -0.05) is 0 Å². The predicted octanol–water partition coefficient (Wildman–Crippen LogP) is 1.13. The summed E-state index contributed by atoms with van der Waals surface area (Å²) in [4.78, 5) is 4.53. The second-order valence-corrected chi connectivity index (χ2v) is 4.31. The van der Waals surface area contributed by atoms with E-state index >= 15 is 0 Å². The van der Waals surface area contributed by atoms with Gasteiger partial charge < -0.3 is 10.6 Å². The first-order valence-electron chi connectivity index (χ1n) is 5.31. The zero-order chi connectivity index (χ0) is 9.43. The lowest BCUT2D eigenvalue weighted by atomic mass is 9.79. The molecule has 2 N–H and O–H groups in total. The van der Waals surface area contributed by atoms with Crippen LogP contribution >= 0.6 is 0 Å². The number of pyridine rings is 1. The first-order valence-corrected chi connectivity index (χ1v) is 5.31. The SMILES string of the molecule is c1cnc2c(c1)NCC21CCCNC1. The van der Waals surface area contributed by atoms with Gasteiger partial charge in [0.2, 0.25) is 0 Å². The third-order valence-corrected chi connectivity index (χ3v) is 3.40. The molecule has 3 heteroatoms. The molecule has 3 heterocycles. The van der Waals surface area contributed by atoms with Crippen LogP contribution in [0.1, 0.15) is 18.5 Å². The quantitative estimate of drug-likeness (QED) is 0.642. The molecule has 0 aromatic carbocycles. The molecule has 3 rings (SSSR count).